The summed E-state index contributed by atoms with van der Waals surface area (Å²) in [5.41, 5.74) is 2.26. The van der Waals surface area contributed by atoms with E-state index in [1.807, 2.05) is 54.6 Å². The maximum Gasteiger partial charge on any atom is 0.0734 e. The summed E-state index contributed by atoms with van der Waals surface area (Å²) in [7, 11) is 4.16. The minimum atomic E-state index is 0. The van der Waals surface area contributed by atoms with Crippen LogP contribution >= 0.6 is 82.3 Å². The van der Waals surface area contributed by atoms with Crippen LogP contribution in [0.3, 0.4) is 0 Å². The molecule has 8 heteroatoms. The Hall–Kier alpha value is -1.01. The van der Waals surface area contributed by atoms with Crippen LogP contribution in [0.1, 0.15) is 17.0 Å². The number of halogens is 5. The van der Waals surface area contributed by atoms with Crippen molar-refractivity contribution in [1.82, 2.24) is 4.90 Å². The maximum absolute atomic E-state index is 6.81. The first kappa shape index (κ1) is 30.5. The molecular formula is C29H26Cl5NS2. The van der Waals surface area contributed by atoms with Gasteiger partial charge in [0.25, 0.3) is 0 Å². The predicted molar refractivity (Wildman–Crippen MR) is 166 cm³/mol. The number of likely N-dealkylation sites (N-methyl/N-ethyl adjacent to an activating group) is 1. The van der Waals surface area contributed by atoms with Crippen molar-refractivity contribution >= 4 is 82.3 Å². The zero-order chi connectivity index (χ0) is 25.7. The molecule has 0 amide bonds. The van der Waals surface area contributed by atoms with E-state index < -0.39 is 0 Å². The van der Waals surface area contributed by atoms with Crippen LogP contribution in [0.4, 0.5) is 0 Å². The van der Waals surface area contributed by atoms with E-state index in [4.69, 9.17) is 46.4 Å². The molecule has 0 saturated heterocycles. The minimum Gasteiger partial charge on any atom is -0.309 e. The van der Waals surface area contributed by atoms with Crippen molar-refractivity contribution in [2.24, 2.45) is 0 Å². The van der Waals surface area contributed by atoms with Gasteiger partial charge in [-0.2, -0.15) is 0 Å². The van der Waals surface area contributed by atoms with Gasteiger partial charge in [0, 0.05) is 37.1 Å². The zero-order valence-corrected chi connectivity index (χ0v) is 25.7. The van der Waals surface area contributed by atoms with Gasteiger partial charge in [-0.25, -0.2) is 0 Å². The van der Waals surface area contributed by atoms with Gasteiger partial charge >= 0.3 is 0 Å². The lowest BCUT2D eigenvalue weighted by molar-refractivity contribution is 0.369. The third-order valence-corrected chi connectivity index (χ3v) is 9.47. The van der Waals surface area contributed by atoms with Crippen LogP contribution < -0.4 is 0 Å². The molecule has 0 bridgehead atoms. The molecule has 0 fully saturated rings. The maximum atomic E-state index is 6.81. The molecule has 1 atom stereocenters. The molecule has 4 aromatic carbocycles. The van der Waals surface area contributed by atoms with Crippen LogP contribution in [0.25, 0.3) is 0 Å². The van der Waals surface area contributed by atoms with E-state index in [-0.39, 0.29) is 18.3 Å². The summed E-state index contributed by atoms with van der Waals surface area (Å²) in [4.78, 5) is 6.43. The molecule has 0 heterocycles. The first-order valence-electron chi connectivity index (χ1n) is 11.4. The monoisotopic (exact) mass is 627 g/mol. The summed E-state index contributed by atoms with van der Waals surface area (Å²) in [5.74, 6) is 0.130. The number of rotatable bonds is 9. The van der Waals surface area contributed by atoms with E-state index in [9.17, 15) is 0 Å². The lowest BCUT2D eigenvalue weighted by atomic mass is 9.91. The topological polar surface area (TPSA) is 3.24 Å². The highest BCUT2D eigenvalue weighted by molar-refractivity contribution is 7.99. The highest BCUT2D eigenvalue weighted by Gasteiger charge is 2.23. The van der Waals surface area contributed by atoms with Crippen LogP contribution in [0.5, 0.6) is 0 Å². The second-order valence-corrected chi connectivity index (χ2v) is 12.4. The van der Waals surface area contributed by atoms with Crippen molar-refractivity contribution in [1.29, 1.82) is 0 Å². The molecule has 194 valence electrons. The van der Waals surface area contributed by atoms with E-state index in [1.54, 1.807) is 23.5 Å². The van der Waals surface area contributed by atoms with Crippen LogP contribution in [-0.4, -0.2) is 25.5 Å². The summed E-state index contributed by atoms with van der Waals surface area (Å²) >= 11 is 29.8. The first-order chi connectivity index (χ1) is 17.3. The largest absolute Gasteiger partial charge is 0.309 e. The molecule has 0 N–H and O–H groups in total. The van der Waals surface area contributed by atoms with Gasteiger partial charge in [0.1, 0.15) is 0 Å². The molecule has 0 aliphatic rings. The molecule has 4 rings (SSSR count). The lowest BCUT2D eigenvalue weighted by Gasteiger charge is -2.26. The SMILES string of the molecule is CN(C)CC(Cc1cc(Cl)cc(Cl)c1Sc1ccccc1)c1ccc(Cl)c(Cl)c1Sc1ccccc1.Cl. The smallest absolute Gasteiger partial charge is 0.0734 e. The van der Waals surface area contributed by atoms with Gasteiger partial charge in [-0.3, -0.25) is 0 Å². The molecule has 4 aromatic rings. The van der Waals surface area contributed by atoms with Crippen molar-refractivity contribution < 1.29 is 0 Å². The fourth-order valence-electron chi connectivity index (χ4n) is 4.04. The molecule has 0 aliphatic heterocycles. The van der Waals surface area contributed by atoms with E-state index in [0.717, 1.165) is 43.7 Å². The molecule has 0 spiro atoms. The average molecular weight is 630 g/mol. The number of hydrogen-bond donors (Lipinski definition) is 0. The Morgan fingerprint density at radius 1 is 0.703 bits per heavy atom. The van der Waals surface area contributed by atoms with E-state index in [0.29, 0.717) is 20.1 Å². The zero-order valence-electron chi connectivity index (χ0n) is 20.3. The van der Waals surface area contributed by atoms with Gasteiger partial charge in [0.2, 0.25) is 0 Å². The molecule has 37 heavy (non-hydrogen) atoms. The lowest BCUT2D eigenvalue weighted by Crippen LogP contribution is -2.22. The number of nitrogens with zero attached hydrogens (tertiary/aromatic N) is 1. The van der Waals surface area contributed by atoms with Crippen molar-refractivity contribution in [2.45, 2.75) is 31.9 Å². The van der Waals surface area contributed by atoms with Gasteiger partial charge in [-0.05, 0) is 74.1 Å². The Kier molecular flexibility index (Phi) is 11.9. The Labute approximate surface area is 254 Å². The molecule has 0 radical (unpaired) electrons. The fraction of sp³-hybridized carbons (Fsp3) is 0.172. The van der Waals surface area contributed by atoms with E-state index in [1.165, 1.54) is 0 Å². The van der Waals surface area contributed by atoms with E-state index >= 15 is 0 Å². The van der Waals surface area contributed by atoms with Gasteiger partial charge < -0.3 is 4.90 Å². The highest BCUT2D eigenvalue weighted by Crippen LogP contribution is 2.45. The van der Waals surface area contributed by atoms with Crippen LogP contribution in [-0.2, 0) is 6.42 Å². The second-order valence-electron chi connectivity index (χ2n) is 8.65. The van der Waals surface area contributed by atoms with Crippen LogP contribution in [0.2, 0.25) is 20.1 Å². The standard InChI is InChI=1S/C29H25Cl4NS2.ClH/c1-34(2)18-20(24-13-14-25(31)27(33)29(24)36-23-11-7-4-8-12-23)15-19-16-21(30)17-26(32)28(19)35-22-9-5-3-6-10-22;/h3-14,16-17,20H,15,18H2,1-2H3;1H. The number of benzene rings is 4. The van der Waals surface area contributed by atoms with Crippen molar-refractivity contribution in [2.75, 3.05) is 20.6 Å². The van der Waals surface area contributed by atoms with Gasteiger partial charge in [-0.1, -0.05) is 112 Å². The molecule has 0 aliphatic carbocycles. The summed E-state index contributed by atoms with van der Waals surface area (Å²) in [6, 6.07) is 28.3. The Morgan fingerprint density at radius 2 is 1.27 bits per heavy atom. The van der Waals surface area contributed by atoms with Gasteiger partial charge in [-0.15, -0.1) is 12.4 Å². The van der Waals surface area contributed by atoms with Crippen molar-refractivity contribution in [3.8, 4) is 0 Å². The van der Waals surface area contributed by atoms with Crippen LogP contribution in [0.15, 0.2) is 105 Å². The molecule has 1 nitrogen and oxygen atoms in total. The predicted octanol–water partition coefficient (Wildman–Crippen LogP) is 10.9. The highest BCUT2D eigenvalue weighted by atomic mass is 35.5. The van der Waals surface area contributed by atoms with Crippen molar-refractivity contribution in [3.63, 3.8) is 0 Å². The first-order valence-corrected chi connectivity index (χ1v) is 14.5. The molecule has 1 unspecified atom stereocenters. The van der Waals surface area contributed by atoms with Crippen LogP contribution in [0, 0.1) is 0 Å². The summed E-state index contributed by atoms with van der Waals surface area (Å²) in [5, 5.41) is 2.41. The average Bonchev–Trinajstić information content (AvgIpc) is 2.85. The third kappa shape index (κ3) is 8.24. The summed E-state index contributed by atoms with van der Waals surface area (Å²) < 4.78 is 0. The Balaban J connectivity index is 0.00000380. The second kappa shape index (κ2) is 14.4. The Morgan fingerprint density at radius 3 is 1.84 bits per heavy atom. The number of hydrogen-bond acceptors (Lipinski definition) is 3. The van der Waals surface area contributed by atoms with E-state index in [2.05, 4.69) is 49.3 Å². The summed E-state index contributed by atoms with van der Waals surface area (Å²) in [6.45, 7) is 0.819. The molecular weight excluding hydrogens is 604 g/mol. The molecule has 0 aromatic heterocycles. The minimum absolute atomic E-state index is 0. The molecule has 0 saturated carbocycles. The fourth-order valence-corrected chi connectivity index (χ4v) is 7.24. The quantitative estimate of drug-likeness (QED) is 0.181. The van der Waals surface area contributed by atoms with Gasteiger partial charge in [0.05, 0.1) is 15.1 Å². The normalized spacial score (nSPS) is 11.9. The summed E-state index contributed by atoms with van der Waals surface area (Å²) in [6.07, 6.45) is 0.744. The Bertz CT molecular complexity index is 1320. The van der Waals surface area contributed by atoms with Crippen molar-refractivity contribution in [3.05, 3.63) is 116 Å². The third-order valence-electron chi connectivity index (χ3n) is 5.58. The van der Waals surface area contributed by atoms with Gasteiger partial charge in [0.15, 0.2) is 0 Å².